The predicted octanol–water partition coefficient (Wildman–Crippen LogP) is 2.86. The van der Waals surface area contributed by atoms with E-state index in [1.54, 1.807) is 29.1 Å². The SMILES string of the molecule is CNCC1CCN(C(=O)c2ccn(-c3ccc(Cl)c(Cl)c3)n2)C1. The van der Waals surface area contributed by atoms with Gasteiger partial charge in [-0.1, -0.05) is 23.2 Å². The number of likely N-dealkylation sites (tertiary alicyclic amines) is 1. The van der Waals surface area contributed by atoms with E-state index in [-0.39, 0.29) is 5.91 Å². The van der Waals surface area contributed by atoms with Gasteiger partial charge in [0.05, 0.1) is 15.7 Å². The molecule has 1 aliphatic rings. The maximum Gasteiger partial charge on any atom is 0.274 e. The molecule has 0 saturated carbocycles. The van der Waals surface area contributed by atoms with Crippen molar-refractivity contribution in [2.75, 3.05) is 26.7 Å². The molecule has 1 atom stereocenters. The van der Waals surface area contributed by atoms with Crippen LogP contribution < -0.4 is 5.32 Å². The summed E-state index contributed by atoms with van der Waals surface area (Å²) >= 11 is 11.9. The van der Waals surface area contributed by atoms with Crippen molar-refractivity contribution in [1.29, 1.82) is 0 Å². The number of carbonyl (C=O) groups excluding carboxylic acids is 1. The zero-order valence-corrected chi connectivity index (χ0v) is 14.3. The van der Waals surface area contributed by atoms with Gasteiger partial charge in [0, 0.05) is 19.3 Å². The van der Waals surface area contributed by atoms with Gasteiger partial charge in [-0.15, -0.1) is 0 Å². The number of hydrogen-bond donors (Lipinski definition) is 1. The van der Waals surface area contributed by atoms with Crippen LogP contribution in [0.15, 0.2) is 30.5 Å². The highest BCUT2D eigenvalue weighted by atomic mass is 35.5. The normalized spacial score (nSPS) is 17.7. The minimum Gasteiger partial charge on any atom is -0.337 e. The van der Waals surface area contributed by atoms with E-state index in [9.17, 15) is 4.79 Å². The number of halogens is 2. The van der Waals surface area contributed by atoms with Gasteiger partial charge in [-0.25, -0.2) is 4.68 Å². The summed E-state index contributed by atoms with van der Waals surface area (Å²) in [5.74, 6) is 0.489. The molecule has 1 unspecified atom stereocenters. The van der Waals surface area contributed by atoms with Gasteiger partial charge < -0.3 is 10.2 Å². The lowest BCUT2D eigenvalue weighted by Crippen LogP contribution is -2.30. The molecule has 0 aliphatic carbocycles. The summed E-state index contributed by atoms with van der Waals surface area (Å²) < 4.78 is 1.64. The van der Waals surface area contributed by atoms with Crippen LogP contribution in [0.1, 0.15) is 16.9 Å². The van der Waals surface area contributed by atoms with Crippen LogP contribution in [0.4, 0.5) is 0 Å². The maximum atomic E-state index is 12.5. The van der Waals surface area contributed by atoms with Gasteiger partial charge in [0.25, 0.3) is 5.91 Å². The van der Waals surface area contributed by atoms with Crippen molar-refractivity contribution in [3.8, 4) is 5.69 Å². The Balaban J connectivity index is 1.74. The molecule has 1 aromatic heterocycles. The first kappa shape index (κ1) is 16.3. The molecule has 122 valence electrons. The Morgan fingerprint density at radius 2 is 2.17 bits per heavy atom. The predicted molar refractivity (Wildman–Crippen MR) is 91.5 cm³/mol. The van der Waals surface area contributed by atoms with Crippen molar-refractivity contribution < 1.29 is 4.79 Å². The van der Waals surface area contributed by atoms with E-state index in [1.807, 2.05) is 18.0 Å². The Bertz CT molecular complexity index is 716. The van der Waals surface area contributed by atoms with E-state index in [4.69, 9.17) is 23.2 Å². The molecule has 1 amide bonds. The van der Waals surface area contributed by atoms with Crippen LogP contribution in [0.3, 0.4) is 0 Å². The van der Waals surface area contributed by atoms with Crippen LogP contribution >= 0.6 is 23.2 Å². The van der Waals surface area contributed by atoms with Crippen LogP contribution in [0.5, 0.6) is 0 Å². The summed E-state index contributed by atoms with van der Waals surface area (Å²) in [6.07, 6.45) is 2.79. The second-order valence-corrected chi connectivity index (χ2v) is 6.52. The lowest BCUT2D eigenvalue weighted by molar-refractivity contribution is 0.0781. The first-order valence-electron chi connectivity index (χ1n) is 7.53. The number of nitrogens with one attached hydrogen (secondary N) is 1. The van der Waals surface area contributed by atoms with E-state index in [1.165, 1.54) is 0 Å². The van der Waals surface area contributed by atoms with E-state index >= 15 is 0 Å². The molecular formula is C16H18Cl2N4O. The Morgan fingerprint density at radius 3 is 2.91 bits per heavy atom. The van der Waals surface area contributed by atoms with Gasteiger partial charge in [-0.2, -0.15) is 5.10 Å². The summed E-state index contributed by atoms with van der Waals surface area (Å²) in [6.45, 7) is 2.49. The summed E-state index contributed by atoms with van der Waals surface area (Å²) in [5, 5.41) is 8.49. The van der Waals surface area contributed by atoms with E-state index in [0.717, 1.165) is 31.7 Å². The third-order valence-electron chi connectivity index (χ3n) is 4.04. The third kappa shape index (κ3) is 3.52. The van der Waals surface area contributed by atoms with Gasteiger partial charge in [-0.3, -0.25) is 4.79 Å². The summed E-state index contributed by atoms with van der Waals surface area (Å²) in [7, 11) is 1.93. The average molecular weight is 353 g/mol. The summed E-state index contributed by atoms with van der Waals surface area (Å²) in [4.78, 5) is 14.4. The van der Waals surface area contributed by atoms with Gasteiger partial charge >= 0.3 is 0 Å². The highest BCUT2D eigenvalue weighted by molar-refractivity contribution is 6.42. The number of carbonyl (C=O) groups is 1. The number of rotatable bonds is 4. The fourth-order valence-corrected chi connectivity index (χ4v) is 3.14. The molecule has 1 aromatic carbocycles. The molecule has 23 heavy (non-hydrogen) atoms. The van der Waals surface area contributed by atoms with Crippen LogP contribution in [0.25, 0.3) is 5.69 Å². The Morgan fingerprint density at radius 1 is 1.35 bits per heavy atom. The van der Waals surface area contributed by atoms with E-state index in [2.05, 4.69) is 10.4 Å². The standard InChI is InChI=1S/C16H18Cl2N4O/c1-19-9-11-4-6-21(10-11)16(23)15-5-7-22(20-15)12-2-3-13(17)14(18)8-12/h2-3,5,7-8,11,19H,4,6,9-10H2,1H3. The topological polar surface area (TPSA) is 50.2 Å². The van der Waals surface area contributed by atoms with Crippen molar-refractivity contribution >= 4 is 29.1 Å². The Hall–Kier alpha value is -1.56. The number of nitrogens with zero attached hydrogens (tertiary/aromatic N) is 3. The average Bonchev–Trinajstić information content (AvgIpc) is 3.19. The highest BCUT2D eigenvalue weighted by Crippen LogP contribution is 2.24. The molecule has 1 fully saturated rings. The molecule has 5 nitrogen and oxygen atoms in total. The minimum absolute atomic E-state index is 0.0255. The summed E-state index contributed by atoms with van der Waals surface area (Å²) in [5.41, 5.74) is 1.22. The molecule has 3 rings (SSSR count). The maximum absolute atomic E-state index is 12.5. The smallest absolute Gasteiger partial charge is 0.274 e. The highest BCUT2D eigenvalue weighted by Gasteiger charge is 2.27. The fourth-order valence-electron chi connectivity index (χ4n) is 2.84. The van der Waals surface area contributed by atoms with E-state index in [0.29, 0.717) is 21.7 Å². The second-order valence-electron chi connectivity index (χ2n) is 5.71. The van der Waals surface area contributed by atoms with Gasteiger partial charge in [0.15, 0.2) is 5.69 Å². The zero-order valence-electron chi connectivity index (χ0n) is 12.8. The van der Waals surface area contributed by atoms with Crippen LogP contribution in [0.2, 0.25) is 10.0 Å². The lowest BCUT2D eigenvalue weighted by Gasteiger charge is -2.15. The van der Waals surface area contributed by atoms with Crippen molar-refractivity contribution in [1.82, 2.24) is 20.0 Å². The molecule has 7 heteroatoms. The number of amides is 1. The monoisotopic (exact) mass is 352 g/mol. The van der Waals surface area contributed by atoms with Gasteiger partial charge in [0.2, 0.25) is 0 Å². The largest absolute Gasteiger partial charge is 0.337 e. The molecule has 1 N–H and O–H groups in total. The molecule has 2 heterocycles. The molecular weight excluding hydrogens is 335 g/mol. The van der Waals surface area contributed by atoms with Gasteiger partial charge in [-0.05, 0) is 50.2 Å². The molecule has 0 bridgehead atoms. The van der Waals surface area contributed by atoms with Gasteiger partial charge in [0.1, 0.15) is 0 Å². The van der Waals surface area contributed by atoms with Crippen molar-refractivity contribution in [3.05, 3.63) is 46.2 Å². The Labute approximate surface area is 145 Å². The quantitative estimate of drug-likeness (QED) is 0.920. The molecule has 2 aromatic rings. The third-order valence-corrected chi connectivity index (χ3v) is 4.78. The zero-order chi connectivity index (χ0) is 16.4. The number of benzene rings is 1. The van der Waals surface area contributed by atoms with Crippen LogP contribution in [-0.4, -0.2) is 47.3 Å². The van der Waals surface area contributed by atoms with Crippen LogP contribution in [-0.2, 0) is 0 Å². The second kappa shape index (κ2) is 6.91. The number of aromatic nitrogens is 2. The molecule has 0 spiro atoms. The van der Waals surface area contributed by atoms with Crippen molar-refractivity contribution in [3.63, 3.8) is 0 Å². The number of hydrogen-bond acceptors (Lipinski definition) is 3. The first-order valence-corrected chi connectivity index (χ1v) is 8.29. The Kier molecular flexibility index (Phi) is 4.90. The van der Waals surface area contributed by atoms with E-state index < -0.39 is 0 Å². The summed E-state index contributed by atoms with van der Waals surface area (Å²) in [6, 6.07) is 6.99. The molecule has 1 saturated heterocycles. The first-order chi connectivity index (χ1) is 11.1. The fraction of sp³-hybridized carbons (Fsp3) is 0.375. The molecule has 0 radical (unpaired) electrons. The lowest BCUT2D eigenvalue weighted by atomic mass is 10.1. The molecule has 1 aliphatic heterocycles. The van der Waals surface area contributed by atoms with Crippen molar-refractivity contribution in [2.45, 2.75) is 6.42 Å². The minimum atomic E-state index is -0.0255. The van der Waals surface area contributed by atoms with Crippen molar-refractivity contribution in [2.24, 2.45) is 5.92 Å². The van der Waals surface area contributed by atoms with Crippen LogP contribution in [0, 0.1) is 5.92 Å².